The first-order chi connectivity index (χ1) is 11.5. The Bertz CT molecular complexity index is 507. The van der Waals surface area contributed by atoms with Crippen molar-refractivity contribution < 1.29 is 19.0 Å². The van der Waals surface area contributed by atoms with E-state index in [-0.39, 0.29) is 35.4 Å². The monoisotopic (exact) mass is 352 g/mol. The zero-order valence-corrected chi connectivity index (χ0v) is 15.8. The van der Waals surface area contributed by atoms with E-state index in [4.69, 9.17) is 14.2 Å². The zero-order chi connectivity index (χ0) is 17.5. The Hall–Kier alpha value is -1.04. The third-order valence-corrected chi connectivity index (χ3v) is 5.58. The number of benzene rings is 1. The van der Waals surface area contributed by atoms with Crippen molar-refractivity contribution in [3.05, 3.63) is 35.9 Å². The Morgan fingerprint density at radius 1 is 1.21 bits per heavy atom. The number of carbonyl (C=O) groups is 1. The highest BCUT2D eigenvalue weighted by Crippen LogP contribution is 2.37. The topological polar surface area (TPSA) is 44.8 Å². The van der Waals surface area contributed by atoms with Crippen LogP contribution in [0.5, 0.6) is 0 Å². The predicted molar refractivity (Wildman–Crippen MR) is 96.8 cm³/mol. The first-order valence-electron chi connectivity index (χ1n) is 8.58. The summed E-state index contributed by atoms with van der Waals surface area (Å²) in [6, 6.07) is 10.1. The van der Waals surface area contributed by atoms with Crippen molar-refractivity contribution in [3.63, 3.8) is 0 Å². The number of esters is 1. The SMILES string of the molecule is CCS[C@H]1OC(COCc2ccccc2)[C@@H](C)C(C)[C@H]1OC(C)=O. The van der Waals surface area contributed by atoms with Crippen LogP contribution in [0.3, 0.4) is 0 Å². The van der Waals surface area contributed by atoms with Crippen LogP contribution in [0.1, 0.15) is 33.3 Å². The fourth-order valence-electron chi connectivity index (χ4n) is 2.97. The molecule has 1 saturated heterocycles. The highest BCUT2D eigenvalue weighted by molar-refractivity contribution is 7.99. The molecule has 1 aromatic carbocycles. The van der Waals surface area contributed by atoms with Gasteiger partial charge in [-0.05, 0) is 17.2 Å². The van der Waals surface area contributed by atoms with Crippen LogP contribution in [0.4, 0.5) is 0 Å². The van der Waals surface area contributed by atoms with Crippen molar-refractivity contribution in [1.82, 2.24) is 0 Å². The maximum Gasteiger partial charge on any atom is 0.303 e. The van der Waals surface area contributed by atoms with Gasteiger partial charge in [-0.15, -0.1) is 11.8 Å². The molecule has 0 N–H and O–H groups in total. The fraction of sp³-hybridized carbons (Fsp3) is 0.632. The molecule has 4 nitrogen and oxygen atoms in total. The number of hydrogen-bond donors (Lipinski definition) is 0. The summed E-state index contributed by atoms with van der Waals surface area (Å²) in [5.74, 6) is 1.17. The summed E-state index contributed by atoms with van der Waals surface area (Å²) in [6.45, 7) is 8.95. The van der Waals surface area contributed by atoms with Gasteiger partial charge in [0.15, 0.2) is 0 Å². The number of rotatable bonds is 7. The van der Waals surface area contributed by atoms with E-state index in [1.165, 1.54) is 6.92 Å². The third-order valence-electron chi connectivity index (χ3n) is 4.54. The van der Waals surface area contributed by atoms with Gasteiger partial charge in [0.05, 0.1) is 19.3 Å². The molecule has 5 heteroatoms. The normalized spacial score (nSPS) is 30.1. The second kappa shape index (κ2) is 9.44. The maximum atomic E-state index is 11.4. The number of hydrogen-bond acceptors (Lipinski definition) is 5. The van der Waals surface area contributed by atoms with Gasteiger partial charge in [0, 0.05) is 12.8 Å². The molecule has 0 radical (unpaired) electrons. The van der Waals surface area contributed by atoms with Crippen molar-refractivity contribution in [2.45, 2.75) is 51.9 Å². The summed E-state index contributed by atoms with van der Waals surface area (Å²) in [5.41, 5.74) is 1.03. The Balaban J connectivity index is 1.94. The summed E-state index contributed by atoms with van der Waals surface area (Å²) in [7, 11) is 0. The minimum atomic E-state index is -0.247. The summed E-state index contributed by atoms with van der Waals surface area (Å²) >= 11 is 1.69. The van der Waals surface area contributed by atoms with Gasteiger partial charge in [0.1, 0.15) is 11.5 Å². The van der Waals surface area contributed by atoms with Gasteiger partial charge >= 0.3 is 5.97 Å². The standard InChI is InChI=1S/C19H28O4S/c1-5-24-19-18(22-15(4)20)14(3)13(2)17(23-19)12-21-11-16-9-7-6-8-10-16/h6-10,13-14,17-19H,5,11-12H2,1-4H3/t13-,14?,17?,18+,19+/m0/s1. The van der Waals surface area contributed by atoms with Crippen LogP contribution in [0.25, 0.3) is 0 Å². The summed E-state index contributed by atoms with van der Waals surface area (Å²) < 4.78 is 17.6. The summed E-state index contributed by atoms with van der Waals surface area (Å²) in [5, 5.41) is 0. The van der Waals surface area contributed by atoms with Gasteiger partial charge in [0.25, 0.3) is 0 Å². The quantitative estimate of drug-likeness (QED) is 0.697. The molecule has 2 rings (SSSR count). The molecule has 0 aliphatic carbocycles. The lowest BCUT2D eigenvalue weighted by atomic mass is 9.84. The lowest BCUT2D eigenvalue weighted by Crippen LogP contribution is -2.51. The van der Waals surface area contributed by atoms with Crippen LogP contribution < -0.4 is 0 Å². The highest BCUT2D eigenvalue weighted by Gasteiger charge is 2.43. The van der Waals surface area contributed by atoms with Gasteiger partial charge in [0.2, 0.25) is 0 Å². The lowest BCUT2D eigenvalue weighted by molar-refractivity contribution is -0.183. The Morgan fingerprint density at radius 3 is 2.54 bits per heavy atom. The minimum absolute atomic E-state index is 0.0135. The van der Waals surface area contributed by atoms with Crippen LogP contribution in [0.2, 0.25) is 0 Å². The van der Waals surface area contributed by atoms with Crippen LogP contribution in [-0.4, -0.2) is 36.0 Å². The van der Waals surface area contributed by atoms with Gasteiger partial charge in [-0.3, -0.25) is 4.79 Å². The van der Waals surface area contributed by atoms with Crippen molar-refractivity contribution in [3.8, 4) is 0 Å². The summed E-state index contributed by atoms with van der Waals surface area (Å²) in [6.07, 6.45) is -0.188. The average Bonchev–Trinajstić information content (AvgIpc) is 2.56. The van der Waals surface area contributed by atoms with Crippen molar-refractivity contribution >= 4 is 17.7 Å². The predicted octanol–water partition coefficient (Wildman–Crippen LogP) is 3.89. The minimum Gasteiger partial charge on any atom is -0.459 e. The molecule has 2 unspecified atom stereocenters. The molecule has 0 amide bonds. The fourth-order valence-corrected chi connectivity index (χ4v) is 4.01. The molecule has 1 aliphatic heterocycles. The lowest BCUT2D eigenvalue weighted by Gasteiger charge is -2.43. The molecule has 1 aromatic rings. The van der Waals surface area contributed by atoms with Crippen LogP contribution >= 0.6 is 11.8 Å². The molecule has 134 valence electrons. The van der Waals surface area contributed by atoms with Crippen molar-refractivity contribution in [1.29, 1.82) is 0 Å². The van der Waals surface area contributed by atoms with E-state index in [0.29, 0.717) is 13.2 Å². The smallest absolute Gasteiger partial charge is 0.303 e. The maximum absolute atomic E-state index is 11.4. The molecule has 1 fully saturated rings. The van der Waals surface area contributed by atoms with Gasteiger partial charge < -0.3 is 14.2 Å². The first-order valence-corrected chi connectivity index (χ1v) is 9.63. The first kappa shape index (κ1) is 19.3. The Kier molecular flexibility index (Phi) is 7.59. The van der Waals surface area contributed by atoms with E-state index in [9.17, 15) is 4.79 Å². The molecule has 0 spiro atoms. The van der Waals surface area contributed by atoms with Gasteiger partial charge in [-0.2, -0.15) is 0 Å². The largest absolute Gasteiger partial charge is 0.459 e. The summed E-state index contributed by atoms with van der Waals surface area (Å²) in [4.78, 5) is 11.4. The Morgan fingerprint density at radius 2 is 1.92 bits per heavy atom. The van der Waals surface area contributed by atoms with E-state index in [0.717, 1.165) is 11.3 Å². The Labute approximate surface area is 149 Å². The molecular weight excluding hydrogens is 324 g/mol. The number of ether oxygens (including phenoxy) is 3. The molecule has 5 atom stereocenters. The van der Waals surface area contributed by atoms with Gasteiger partial charge in [-0.25, -0.2) is 0 Å². The molecule has 1 heterocycles. The zero-order valence-electron chi connectivity index (χ0n) is 14.9. The van der Waals surface area contributed by atoms with Crippen LogP contribution in [-0.2, 0) is 25.6 Å². The average molecular weight is 352 g/mol. The molecule has 24 heavy (non-hydrogen) atoms. The van der Waals surface area contributed by atoms with E-state index in [2.05, 4.69) is 32.9 Å². The van der Waals surface area contributed by atoms with Crippen LogP contribution in [0.15, 0.2) is 30.3 Å². The second-order valence-electron chi connectivity index (χ2n) is 6.29. The molecular formula is C19H28O4S. The van der Waals surface area contributed by atoms with E-state index < -0.39 is 0 Å². The molecule has 0 saturated carbocycles. The van der Waals surface area contributed by atoms with E-state index >= 15 is 0 Å². The molecule has 0 bridgehead atoms. The third kappa shape index (κ3) is 5.23. The van der Waals surface area contributed by atoms with Crippen molar-refractivity contribution in [2.75, 3.05) is 12.4 Å². The molecule has 0 aromatic heterocycles. The van der Waals surface area contributed by atoms with E-state index in [1.807, 2.05) is 18.2 Å². The van der Waals surface area contributed by atoms with Crippen molar-refractivity contribution in [2.24, 2.45) is 11.8 Å². The highest BCUT2D eigenvalue weighted by atomic mass is 32.2. The van der Waals surface area contributed by atoms with E-state index in [1.54, 1.807) is 11.8 Å². The number of thioether (sulfide) groups is 1. The number of carbonyl (C=O) groups excluding carboxylic acids is 1. The molecule has 1 aliphatic rings. The van der Waals surface area contributed by atoms with Crippen LogP contribution in [0, 0.1) is 11.8 Å². The second-order valence-corrected chi connectivity index (χ2v) is 7.67. The van der Waals surface area contributed by atoms with Gasteiger partial charge in [-0.1, -0.05) is 51.1 Å².